The third kappa shape index (κ3) is 3.29. The molecule has 0 amide bonds. The van der Waals surface area contributed by atoms with Crippen LogP contribution in [0.4, 0.5) is 17.1 Å². The lowest BCUT2D eigenvalue weighted by atomic mass is 10.1. The van der Waals surface area contributed by atoms with Crippen LogP contribution in [0.1, 0.15) is 29.3 Å². The lowest BCUT2D eigenvalue weighted by molar-refractivity contribution is 0.0698. The SMILES string of the molecule is CCCc1ccc(Nc2ccc(N)cc2C(=O)O)cc1. The first-order valence-electron chi connectivity index (χ1n) is 6.59. The van der Waals surface area contributed by atoms with Crippen LogP contribution < -0.4 is 11.1 Å². The number of hydrogen-bond acceptors (Lipinski definition) is 3. The van der Waals surface area contributed by atoms with E-state index >= 15 is 0 Å². The fourth-order valence-corrected chi connectivity index (χ4v) is 2.05. The van der Waals surface area contributed by atoms with Crippen LogP contribution in [-0.2, 0) is 6.42 Å². The zero-order chi connectivity index (χ0) is 14.5. The van der Waals surface area contributed by atoms with Crippen molar-refractivity contribution in [2.75, 3.05) is 11.1 Å². The van der Waals surface area contributed by atoms with E-state index in [1.165, 1.54) is 11.6 Å². The van der Waals surface area contributed by atoms with Crippen LogP contribution in [0.15, 0.2) is 42.5 Å². The Kier molecular flexibility index (Phi) is 4.25. The van der Waals surface area contributed by atoms with Crippen LogP contribution in [-0.4, -0.2) is 11.1 Å². The Hall–Kier alpha value is -2.49. The molecule has 0 aliphatic heterocycles. The van der Waals surface area contributed by atoms with Crippen LogP contribution in [0.2, 0.25) is 0 Å². The monoisotopic (exact) mass is 270 g/mol. The van der Waals surface area contributed by atoms with Gasteiger partial charge in [-0.2, -0.15) is 0 Å². The van der Waals surface area contributed by atoms with Crippen molar-refractivity contribution < 1.29 is 9.90 Å². The fraction of sp³-hybridized carbons (Fsp3) is 0.188. The number of benzene rings is 2. The maximum atomic E-state index is 11.2. The van der Waals surface area contributed by atoms with Crippen LogP contribution in [0, 0.1) is 0 Å². The molecule has 0 radical (unpaired) electrons. The molecule has 0 aromatic heterocycles. The fourth-order valence-electron chi connectivity index (χ4n) is 2.05. The number of hydrogen-bond donors (Lipinski definition) is 3. The average Bonchev–Trinajstić information content (AvgIpc) is 2.43. The number of carboxylic acids is 1. The molecule has 0 saturated heterocycles. The number of aromatic carboxylic acids is 1. The number of carboxylic acid groups (broad SMARTS) is 1. The summed E-state index contributed by atoms with van der Waals surface area (Å²) in [6, 6.07) is 12.8. The molecule has 0 aliphatic rings. The zero-order valence-corrected chi connectivity index (χ0v) is 11.4. The topological polar surface area (TPSA) is 75.3 Å². The van der Waals surface area contributed by atoms with Crippen molar-refractivity contribution in [3.63, 3.8) is 0 Å². The first kappa shape index (κ1) is 13.9. The van der Waals surface area contributed by atoms with Gasteiger partial charge in [-0.15, -0.1) is 0 Å². The molecular formula is C16H18N2O2. The standard InChI is InChI=1S/C16H18N2O2/c1-2-3-11-4-7-13(8-5-11)18-15-9-6-12(17)10-14(15)16(19)20/h4-10,18H,2-3,17H2,1H3,(H,19,20). The number of aryl methyl sites for hydroxylation is 1. The Morgan fingerprint density at radius 2 is 1.90 bits per heavy atom. The van der Waals surface area contributed by atoms with Gasteiger partial charge in [-0.05, 0) is 42.3 Å². The number of nitrogens with one attached hydrogen (secondary N) is 1. The van der Waals surface area contributed by atoms with Gasteiger partial charge in [-0.1, -0.05) is 25.5 Å². The zero-order valence-electron chi connectivity index (χ0n) is 11.4. The van der Waals surface area contributed by atoms with E-state index in [2.05, 4.69) is 12.2 Å². The molecule has 4 heteroatoms. The summed E-state index contributed by atoms with van der Waals surface area (Å²) in [6.45, 7) is 2.14. The summed E-state index contributed by atoms with van der Waals surface area (Å²) in [6.07, 6.45) is 2.15. The second-order valence-corrected chi connectivity index (χ2v) is 4.68. The molecule has 2 aromatic rings. The molecule has 0 unspecified atom stereocenters. The van der Waals surface area contributed by atoms with E-state index in [9.17, 15) is 9.90 Å². The lowest BCUT2D eigenvalue weighted by Gasteiger charge is -2.11. The summed E-state index contributed by atoms with van der Waals surface area (Å²) in [4.78, 5) is 11.2. The van der Waals surface area contributed by atoms with E-state index in [0.717, 1.165) is 18.5 Å². The van der Waals surface area contributed by atoms with Gasteiger partial charge in [0.05, 0.1) is 11.3 Å². The number of anilines is 3. The number of nitrogen functional groups attached to an aromatic ring is 1. The molecule has 20 heavy (non-hydrogen) atoms. The third-order valence-electron chi connectivity index (χ3n) is 3.05. The molecule has 0 spiro atoms. The predicted molar refractivity (Wildman–Crippen MR) is 81.5 cm³/mol. The van der Waals surface area contributed by atoms with Crippen molar-refractivity contribution in [3.05, 3.63) is 53.6 Å². The highest BCUT2D eigenvalue weighted by atomic mass is 16.4. The summed E-state index contributed by atoms with van der Waals surface area (Å²) in [5.74, 6) is -0.998. The van der Waals surface area contributed by atoms with E-state index < -0.39 is 5.97 Å². The van der Waals surface area contributed by atoms with Crippen molar-refractivity contribution in [1.29, 1.82) is 0 Å². The third-order valence-corrected chi connectivity index (χ3v) is 3.05. The Morgan fingerprint density at radius 3 is 2.50 bits per heavy atom. The van der Waals surface area contributed by atoms with Crippen LogP contribution in [0.5, 0.6) is 0 Å². The van der Waals surface area contributed by atoms with E-state index in [1.807, 2.05) is 24.3 Å². The van der Waals surface area contributed by atoms with Crippen LogP contribution in [0.3, 0.4) is 0 Å². The van der Waals surface area contributed by atoms with Crippen molar-refractivity contribution in [2.24, 2.45) is 0 Å². The Labute approximate surface area is 118 Å². The second kappa shape index (κ2) is 6.10. The molecule has 0 aliphatic carbocycles. The van der Waals surface area contributed by atoms with Crippen molar-refractivity contribution >= 4 is 23.0 Å². The summed E-state index contributed by atoms with van der Waals surface area (Å²) in [5.41, 5.74) is 8.89. The molecule has 0 heterocycles. The number of carbonyl (C=O) groups is 1. The molecule has 104 valence electrons. The molecule has 2 aromatic carbocycles. The smallest absolute Gasteiger partial charge is 0.337 e. The van der Waals surface area contributed by atoms with Gasteiger partial charge in [0.1, 0.15) is 0 Å². The van der Waals surface area contributed by atoms with Crippen molar-refractivity contribution in [2.45, 2.75) is 19.8 Å². The number of rotatable bonds is 5. The highest BCUT2D eigenvalue weighted by Crippen LogP contribution is 2.23. The van der Waals surface area contributed by atoms with Gasteiger partial charge in [-0.3, -0.25) is 0 Å². The van der Waals surface area contributed by atoms with Gasteiger partial charge in [0, 0.05) is 11.4 Å². The highest BCUT2D eigenvalue weighted by Gasteiger charge is 2.10. The lowest BCUT2D eigenvalue weighted by Crippen LogP contribution is -2.03. The predicted octanol–water partition coefficient (Wildman–Crippen LogP) is 3.66. The van der Waals surface area contributed by atoms with Gasteiger partial charge in [0.2, 0.25) is 0 Å². The van der Waals surface area contributed by atoms with Gasteiger partial charge < -0.3 is 16.2 Å². The van der Waals surface area contributed by atoms with Crippen LogP contribution in [0.25, 0.3) is 0 Å². The van der Waals surface area contributed by atoms with Gasteiger partial charge in [0.15, 0.2) is 0 Å². The maximum absolute atomic E-state index is 11.2. The molecule has 2 rings (SSSR count). The first-order valence-corrected chi connectivity index (χ1v) is 6.59. The van der Waals surface area contributed by atoms with E-state index in [-0.39, 0.29) is 5.56 Å². The Morgan fingerprint density at radius 1 is 1.20 bits per heavy atom. The molecular weight excluding hydrogens is 252 g/mol. The van der Waals surface area contributed by atoms with Gasteiger partial charge >= 0.3 is 5.97 Å². The average molecular weight is 270 g/mol. The minimum atomic E-state index is -0.998. The molecule has 4 nitrogen and oxygen atoms in total. The van der Waals surface area contributed by atoms with Gasteiger partial charge in [-0.25, -0.2) is 4.79 Å². The van der Waals surface area contributed by atoms with Gasteiger partial charge in [0.25, 0.3) is 0 Å². The minimum absolute atomic E-state index is 0.169. The second-order valence-electron chi connectivity index (χ2n) is 4.68. The molecule has 0 atom stereocenters. The van der Waals surface area contributed by atoms with Crippen molar-refractivity contribution in [3.8, 4) is 0 Å². The Bertz CT molecular complexity index is 606. The van der Waals surface area contributed by atoms with E-state index in [1.54, 1.807) is 12.1 Å². The molecule has 4 N–H and O–H groups in total. The largest absolute Gasteiger partial charge is 0.478 e. The Balaban J connectivity index is 2.23. The van der Waals surface area contributed by atoms with Crippen molar-refractivity contribution in [1.82, 2.24) is 0 Å². The summed E-state index contributed by atoms with van der Waals surface area (Å²) in [7, 11) is 0. The molecule has 0 saturated carbocycles. The summed E-state index contributed by atoms with van der Waals surface area (Å²) >= 11 is 0. The minimum Gasteiger partial charge on any atom is -0.478 e. The number of nitrogens with two attached hydrogens (primary N) is 1. The first-order chi connectivity index (χ1) is 9.60. The summed E-state index contributed by atoms with van der Waals surface area (Å²) in [5, 5.41) is 12.3. The van der Waals surface area contributed by atoms with E-state index in [0.29, 0.717) is 11.4 Å². The highest BCUT2D eigenvalue weighted by molar-refractivity contribution is 5.96. The quantitative estimate of drug-likeness (QED) is 0.725. The van der Waals surface area contributed by atoms with Crippen LogP contribution >= 0.6 is 0 Å². The molecule has 0 fully saturated rings. The normalized spacial score (nSPS) is 10.2. The van der Waals surface area contributed by atoms with E-state index in [4.69, 9.17) is 5.73 Å². The molecule has 0 bridgehead atoms. The summed E-state index contributed by atoms with van der Waals surface area (Å²) < 4.78 is 0. The maximum Gasteiger partial charge on any atom is 0.337 e.